The smallest absolute Gasteiger partial charge is 0.212 e. The molecule has 0 bridgehead atoms. The van der Waals surface area contributed by atoms with Crippen molar-refractivity contribution in [2.75, 3.05) is 32.4 Å². The predicted octanol–water partition coefficient (Wildman–Crippen LogP) is -0.644. The fraction of sp³-hybridized carbons (Fsp3) is 1.00. The van der Waals surface area contributed by atoms with Crippen molar-refractivity contribution >= 4 is 10.0 Å². The van der Waals surface area contributed by atoms with E-state index in [2.05, 4.69) is 23.9 Å². The van der Waals surface area contributed by atoms with Crippen LogP contribution in [0.15, 0.2) is 0 Å². The SMILES string of the molecule is CNS(=O)(=O)CCNCC(CN)C(C)C. The van der Waals surface area contributed by atoms with Crippen LogP contribution in [0.4, 0.5) is 0 Å². The topological polar surface area (TPSA) is 84.2 Å². The van der Waals surface area contributed by atoms with E-state index in [1.165, 1.54) is 7.05 Å². The molecule has 5 nitrogen and oxygen atoms in total. The summed E-state index contributed by atoms with van der Waals surface area (Å²) in [6, 6.07) is 0. The fourth-order valence-electron chi connectivity index (χ4n) is 1.19. The molecular weight excluding hydrogens is 214 g/mol. The Hall–Kier alpha value is -0.170. The van der Waals surface area contributed by atoms with Gasteiger partial charge in [-0.15, -0.1) is 0 Å². The van der Waals surface area contributed by atoms with Gasteiger partial charge in [-0.2, -0.15) is 0 Å². The highest BCUT2D eigenvalue weighted by Gasteiger charge is 2.11. The number of nitrogens with one attached hydrogen (secondary N) is 2. The Balaban J connectivity index is 3.71. The predicted molar refractivity (Wildman–Crippen MR) is 63.1 cm³/mol. The maximum atomic E-state index is 11.1. The third-order valence-corrected chi connectivity index (χ3v) is 3.87. The molecule has 4 N–H and O–H groups in total. The zero-order valence-electron chi connectivity index (χ0n) is 9.79. The van der Waals surface area contributed by atoms with E-state index in [0.717, 1.165) is 6.54 Å². The van der Waals surface area contributed by atoms with Crippen LogP contribution in [-0.4, -0.2) is 40.9 Å². The summed E-state index contributed by atoms with van der Waals surface area (Å²) in [4.78, 5) is 0. The molecule has 0 aliphatic heterocycles. The number of rotatable bonds is 8. The maximum Gasteiger partial charge on any atom is 0.212 e. The van der Waals surface area contributed by atoms with Crippen LogP contribution in [0.3, 0.4) is 0 Å². The summed E-state index contributed by atoms with van der Waals surface area (Å²) in [6.07, 6.45) is 0. The van der Waals surface area contributed by atoms with Gasteiger partial charge in [-0.05, 0) is 32.0 Å². The van der Waals surface area contributed by atoms with Crippen molar-refractivity contribution in [3.8, 4) is 0 Å². The fourth-order valence-corrected chi connectivity index (χ4v) is 1.80. The first-order valence-corrected chi connectivity index (χ1v) is 6.90. The average Bonchev–Trinajstić information content (AvgIpc) is 2.17. The second-order valence-corrected chi connectivity index (χ2v) is 6.01. The molecule has 0 amide bonds. The van der Waals surface area contributed by atoms with Crippen LogP contribution < -0.4 is 15.8 Å². The van der Waals surface area contributed by atoms with Crippen molar-refractivity contribution < 1.29 is 8.42 Å². The van der Waals surface area contributed by atoms with E-state index in [1.807, 2.05) is 0 Å². The van der Waals surface area contributed by atoms with Crippen LogP contribution in [0, 0.1) is 11.8 Å². The lowest BCUT2D eigenvalue weighted by molar-refractivity contribution is 0.375. The molecule has 15 heavy (non-hydrogen) atoms. The first-order valence-electron chi connectivity index (χ1n) is 5.25. The Morgan fingerprint density at radius 1 is 1.33 bits per heavy atom. The summed E-state index contributed by atoms with van der Waals surface area (Å²) >= 11 is 0. The summed E-state index contributed by atoms with van der Waals surface area (Å²) in [5.74, 6) is 1.03. The highest BCUT2D eigenvalue weighted by atomic mass is 32.2. The van der Waals surface area contributed by atoms with Gasteiger partial charge < -0.3 is 11.1 Å². The van der Waals surface area contributed by atoms with E-state index < -0.39 is 10.0 Å². The number of hydrogen-bond donors (Lipinski definition) is 3. The second-order valence-electron chi connectivity index (χ2n) is 3.97. The molecule has 0 saturated carbocycles. The molecule has 0 fully saturated rings. The molecule has 0 heterocycles. The van der Waals surface area contributed by atoms with Crippen LogP contribution in [0.25, 0.3) is 0 Å². The van der Waals surface area contributed by atoms with E-state index in [-0.39, 0.29) is 5.75 Å². The number of hydrogen-bond acceptors (Lipinski definition) is 4. The Bertz CT molecular complexity index is 252. The van der Waals surface area contributed by atoms with Crippen molar-refractivity contribution in [1.29, 1.82) is 0 Å². The minimum Gasteiger partial charge on any atom is -0.330 e. The Labute approximate surface area is 92.9 Å². The first-order chi connectivity index (χ1) is 6.93. The third-order valence-electron chi connectivity index (χ3n) is 2.51. The van der Waals surface area contributed by atoms with Crippen LogP contribution in [0.5, 0.6) is 0 Å². The average molecular weight is 237 g/mol. The Morgan fingerprint density at radius 2 is 1.93 bits per heavy atom. The van der Waals surface area contributed by atoms with Crippen LogP contribution in [0.2, 0.25) is 0 Å². The van der Waals surface area contributed by atoms with Crippen molar-refractivity contribution in [2.24, 2.45) is 17.6 Å². The third kappa shape index (κ3) is 6.83. The van der Waals surface area contributed by atoms with E-state index in [9.17, 15) is 8.42 Å². The molecule has 0 aliphatic carbocycles. The van der Waals surface area contributed by atoms with Gasteiger partial charge in [-0.3, -0.25) is 0 Å². The summed E-state index contributed by atoms with van der Waals surface area (Å²) in [7, 11) is -1.67. The van der Waals surface area contributed by atoms with Crippen LogP contribution >= 0.6 is 0 Å². The van der Waals surface area contributed by atoms with Gasteiger partial charge in [-0.1, -0.05) is 13.8 Å². The van der Waals surface area contributed by atoms with Gasteiger partial charge in [0, 0.05) is 6.54 Å². The monoisotopic (exact) mass is 237 g/mol. The van der Waals surface area contributed by atoms with Gasteiger partial charge in [0.15, 0.2) is 0 Å². The molecule has 0 rings (SSSR count). The van der Waals surface area contributed by atoms with Gasteiger partial charge in [0.05, 0.1) is 5.75 Å². The molecular formula is C9H23N3O2S. The zero-order chi connectivity index (χ0) is 11.9. The Kier molecular flexibility index (Phi) is 7.08. The summed E-state index contributed by atoms with van der Waals surface area (Å²) in [6.45, 7) is 6.09. The molecule has 1 unspecified atom stereocenters. The number of nitrogens with two attached hydrogens (primary N) is 1. The zero-order valence-corrected chi connectivity index (χ0v) is 10.6. The molecule has 0 aliphatic rings. The molecule has 0 saturated heterocycles. The lowest BCUT2D eigenvalue weighted by Gasteiger charge is -2.19. The molecule has 0 aromatic heterocycles. The van der Waals surface area contributed by atoms with Crippen molar-refractivity contribution in [3.05, 3.63) is 0 Å². The van der Waals surface area contributed by atoms with Crippen molar-refractivity contribution in [3.63, 3.8) is 0 Å². The largest absolute Gasteiger partial charge is 0.330 e. The van der Waals surface area contributed by atoms with Crippen molar-refractivity contribution in [1.82, 2.24) is 10.0 Å². The van der Waals surface area contributed by atoms with Crippen LogP contribution in [-0.2, 0) is 10.0 Å². The van der Waals surface area contributed by atoms with Gasteiger partial charge in [0.25, 0.3) is 0 Å². The minimum absolute atomic E-state index is 0.110. The molecule has 0 spiro atoms. The normalized spacial score (nSPS) is 14.5. The quantitative estimate of drug-likeness (QED) is 0.490. The van der Waals surface area contributed by atoms with E-state index >= 15 is 0 Å². The number of sulfonamides is 1. The van der Waals surface area contributed by atoms with E-state index in [4.69, 9.17) is 5.73 Å². The lowest BCUT2D eigenvalue weighted by Crippen LogP contribution is -2.35. The summed E-state index contributed by atoms with van der Waals surface area (Å²) in [5.41, 5.74) is 5.60. The standard InChI is InChI=1S/C9H23N3O2S/c1-8(2)9(6-10)7-12-4-5-15(13,14)11-3/h8-9,11-12H,4-7,10H2,1-3H3. The highest BCUT2D eigenvalue weighted by Crippen LogP contribution is 2.06. The lowest BCUT2D eigenvalue weighted by atomic mass is 9.96. The van der Waals surface area contributed by atoms with Gasteiger partial charge in [-0.25, -0.2) is 13.1 Å². The highest BCUT2D eigenvalue weighted by molar-refractivity contribution is 7.89. The van der Waals surface area contributed by atoms with Gasteiger partial charge >= 0.3 is 0 Å². The van der Waals surface area contributed by atoms with Gasteiger partial charge in [0.1, 0.15) is 0 Å². The molecule has 6 heteroatoms. The molecule has 92 valence electrons. The van der Waals surface area contributed by atoms with Crippen molar-refractivity contribution in [2.45, 2.75) is 13.8 Å². The second kappa shape index (κ2) is 7.16. The molecule has 0 aromatic rings. The summed E-state index contributed by atoms with van der Waals surface area (Å²) < 4.78 is 24.4. The molecule has 0 aromatic carbocycles. The van der Waals surface area contributed by atoms with E-state index in [0.29, 0.717) is 24.9 Å². The maximum absolute atomic E-state index is 11.1. The Morgan fingerprint density at radius 3 is 2.33 bits per heavy atom. The molecule has 1 atom stereocenters. The summed E-state index contributed by atoms with van der Waals surface area (Å²) in [5, 5.41) is 3.11. The van der Waals surface area contributed by atoms with Gasteiger partial charge in [0.2, 0.25) is 10.0 Å². The first kappa shape index (κ1) is 14.8. The minimum atomic E-state index is -3.09. The van der Waals surface area contributed by atoms with Crippen LogP contribution in [0.1, 0.15) is 13.8 Å². The molecule has 0 radical (unpaired) electrons. The van der Waals surface area contributed by atoms with E-state index in [1.54, 1.807) is 0 Å².